The van der Waals surface area contributed by atoms with Gasteiger partial charge in [-0.2, -0.15) is 5.10 Å². The molecule has 3 aromatic rings. The predicted octanol–water partition coefficient (Wildman–Crippen LogP) is 1.56. The minimum Gasteiger partial charge on any atom is -0.328 e. The average molecular weight is 351 g/mol. The Labute approximate surface area is 151 Å². The normalized spacial score (nSPS) is 17.3. The van der Waals surface area contributed by atoms with Crippen LogP contribution in [0.3, 0.4) is 0 Å². The van der Waals surface area contributed by atoms with E-state index in [0.717, 1.165) is 25.1 Å². The lowest BCUT2D eigenvalue weighted by atomic mass is 10.2. The molecular weight excluding hydrogens is 330 g/mol. The number of hydrogen-bond donors (Lipinski definition) is 0. The van der Waals surface area contributed by atoms with E-state index < -0.39 is 0 Å². The number of hydrogen-bond acceptors (Lipinski definition) is 6. The van der Waals surface area contributed by atoms with Gasteiger partial charge in [0.1, 0.15) is 5.56 Å². The van der Waals surface area contributed by atoms with Crippen molar-refractivity contribution in [3.63, 3.8) is 0 Å². The van der Waals surface area contributed by atoms with Crippen LogP contribution in [-0.2, 0) is 6.54 Å². The van der Waals surface area contributed by atoms with Gasteiger partial charge in [-0.3, -0.25) is 4.79 Å². The summed E-state index contributed by atoms with van der Waals surface area (Å²) in [5, 5.41) is 4.23. The SMILES string of the molecule is CN(C)Cc1ccnc(C2CCCN2C(=O)c2cnn3cccnc23)n1. The number of carbonyl (C=O) groups is 1. The summed E-state index contributed by atoms with van der Waals surface area (Å²) in [6.07, 6.45) is 8.62. The molecule has 0 spiro atoms. The average Bonchev–Trinajstić information content (AvgIpc) is 3.28. The van der Waals surface area contributed by atoms with Gasteiger partial charge in [-0.05, 0) is 39.1 Å². The summed E-state index contributed by atoms with van der Waals surface area (Å²) in [7, 11) is 4.01. The highest BCUT2D eigenvalue weighted by Gasteiger charge is 2.34. The Morgan fingerprint density at radius 2 is 2.19 bits per heavy atom. The smallest absolute Gasteiger partial charge is 0.259 e. The van der Waals surface area contributed by atoms with Gasteiger partial charge in [0.15, 0.2) is 11.5 Å². The molecule has 1 amide bonds. The molecule has 26 heavy (non-hydrogen) atoms. The zero-order chi connectivity index (χ0) is 18.1. The van der Waals surface area contributed by atoms with E-state index in [2.05, 4.69) is 25.0 Å². The van der Waals surface area contributed by atoms with Gasteiger partial charge in [0.05, 0.1) is 17.9 Å². The molecule has 8 heteroatoms. The monoisotopic (exact) mass is 351 g/mol. The van der Waals surface area contributed by atoms with Gasteiger partial charge in [0.25, 0.3) is 5.91 Å². The third kappa shape index (κ3) is 3.03. The Hall–Kier alpha value is -2.87. The third-order valence-corrected chi connectivity index (χ3v) is 4.53. The quantitative estimate of drug-likeness (QED) is 0.710. The first-order chi connectivity index (χ1) is 12.6. The van der Waals surface area contributed by atoms with Gasteiger partial charge in [-0.1, -0.05) is 0 Å². The predicted molar refractivity (Wildman–Crippen MR) is 95.4 cm³/mol. The molecule has 8 nitrogen and oxygen atoms in total. The Kier molecular flexibility index (Phi) is 4.34. The van der Waals surface area contributed by atoms with Gasteiger partial charge in [-0.15, -0.1) is 0 Å². The van der Waals surface area contributed by atoms with Crippen molar-refractivity contribution in [1.29, 1.82) is 0 Å². The number of aromatic nitrogens is 5. The Morgan fingerprint density at radius 1 is 1.31 bits per heavy atom. The standard InChI is InChI=1S/C18H21N7O/c1-23(2)12-13-6-8-19-16(22-13)15-5-3-9-24(15)18(26)14-11-21-25-10-4-7-20-17(14)25/h4,6-8,10-11,15H,3,5,9,12H2,1-2H3. The summed E-state index contributed by atoms with van der Waals surface area (Å²) in [6.45, 7) is 1.43. The van der Waals surface area contributed by atoms with Crippen LogP contribution in [0, 0.1) is 0 Å². The summed E-state index contributed by atoms with van der Waals surface area (Å²) in [6, 6.07) is 3.60. The Morgan fingerprint density at radius 3 is 3.04 bits per heavy atom. The van der Waals surface area contributed by atoms with Crippen molar-refractivity contribution in [3.8, 4) is 0 Å². The highest BCUT2D eigenvalue weighted by Crippen LogP contribution is 2.31. The zero-order valence-corrected chi connectivity index (χ0v) is 14.9. The van der Waals surface area contributed by atoms with Crippen molar-refractivity contribution in [2.75, 3.05) is 20.6 Å². The molecule has 0 saturated carbocycles. The van der Waals surface area contributed by atoms with E-state index in [1.165, 1.54) is 0 Å². The number of fused-ring (bicyclic) bond motifs is 1. The van der Waals surface area contributed by atoms with Crippen molar-refractivity contribution in [1.82, 2.24) is 34.4 Å². The minimum absolute atomic E-state index is 0.0668. The van der Waals surface area contributed by atoms with Crippen molar-refractivity contribution in [2.24, 2.45) is 0 Å². The van der Waals surface area contributed by atoms with Gasteiger partial charge in [-0.25, -0.2) is 19.5 Å². The van der Waals surface area contributed by atoms with Crippen LogP contribution in [0.2, 0.25) is 0 Å². The maximum atomic E-state index is 13.1. The van der Waals surface area contributed by atoms with Crippen LogP contribution in [0.5, 0.6) is 0 Å². The first-order valence-corrected chi connectivity index (χ1v) is 8.69. The summed E-state index contributed by atoms with van der Waals surface area (Å²) >= 11 is 0. The van der Waals surface area contributed by atoms with Gasteiger partial charge in [0, 0.05) is 31.7 Å². The molecule has 4 rings (SSSR count). The molecule has 0 N–H and O–H groups in total. The molecule has 0 aromatic carbocycles. The molecule has 3 aromatic heterocycles. The van der Waals surface area contributed by atoms with Crippen LogP contribution in [0.1, 0.15) is 40.8 Å². The van der Waals surface area contributed by atoms with Crippen LogP contribution < -0.4 is 0 Å². The molecule has 4 heterocycles. The molecule has 1 atom stereocenters. The lowest BCUT2D eigenvalue weighted by molar-refractivity contribution is 0.0731. The van der Waals surface area contributed by atoms with Gasteiger partial charge >= 0.3 is 0 Å². The first kappa shape index (κ1) is 16.6. The van der Waals surface area contributed by atoms with Crippen molar-refractivity contribution in [2.45, 2.75) is 25.4 Å². The van der Waals surface area contributed by atoms with Crippen molar-refractivity contribution >= 4 is 11.6 Å². The molecule has 1 aliphatic heterocycles. The second-order valence-electron chi connectivity index (χ2n) is 6.75. The summed E-state index contributed by atoms with van der Waals surface area (Å²) < 4.78 is 1.62. The van der Waals surface area contributed by atoms with Gasteiger partial charge in [0.2, 0.25) is 0 Å². The van der Waals surface area contributed by atoms with Gasteiger partial charge < -0.3 is 9.80 Å². The summed E-state index contributed by atoms with van der Waals surface area (Å²) in [4.78, 5) is 30.5. The van der Waals surface area contributed by atoms with Crippen molar-refractivity contribution < 1.29 is 4.79 Å². The Balaban J connectivity index is 1.63. The number of rotatable bonds is 4. The van der Waals surface area contributed by atoms with E-state index in [1.807, 2.05) is 25.1 Å². The summed E-state index contributed by atoms with van der Waals surface area (Å²) in [5.74, 6) is 0.641. The van der Waals surface area contributed by atoms with E-state index in [9.17, 15) is 4.79 Å². The molecular formula is C18H21N7O. The van der Waals surface area contributed by atoms with Crippen molar-refractivity contribution in [3.05, 3.63) is 54.0 Å². The molecule has 0 bridgehead atoms. The molecule has 134 valence electrons. The summed E-state index contributed by atoms with van der Waals surface area (Å²) in [5.41, 5.74) is 2.05. The van der Waals surface area contributed by atoms with E-state index >= 15 is 0 Å². The molecule has 1 aliphatic rings. The highest BCUT2D eigenvalue weighted by atomic mass is 16.2. The van der Waals surface area contributed by atoms with Crippen LogP contribution in [0.25, 0.3) is 5.65 Å². The second kappa shape index (κ2) is 6.80. The third-order valence-electron chi connectivity index (χ3n) is 4.53. The van der Waals surface area contributed by atoms with E-state index in [4.69, 9.17) is 0 Å². The number of likely N-dealkylation sites (tertiary alicyclic amines) is 1. The van der Waals surface area contributed by atoms with Crippen LogP contribution in [0.4, 0.5) is 0 Å². The fraction of sp³-hybridized carbons (Fsp3) is 0.389. The molecule has 1 unspecified atom stereocenters. The van der Waals surface area contributed by atoms with Crippen LogP contribution in [0.15, 0.2) is 36.9 Å². The molecule has 1 fully saturated rings. The van der Waals surface area contributed by atoms with Crippen LogP contribution in [-0.4, -0.2) is 60.9 Å². The fourth-order valence-corrected chi connectivity index (χ4v) is 3.40. The molecule has 1 saturated heterocycles. The number of carbonyl (C=O) groups excluding carboxylic acids is 1. The lowest BCUT2D eigenvalue weighted by Gasteiger charge is -2.23. The largest absolute Gasteiger partial charge is 0.328 e. The van der Waals surface area contributed by atoms with E-state index in [-0.39, 0.29) is 11.9 Å². The highest BCUT2D eigenvalue weighted by molar-refractivity contribution is 5.99. The maximum Gasteiger partial charge on any atom is 0.259 e. The lowest BCUT2D eigenvalue weighted by Crippen LogP contribution is -2.31. The van der Waals surface area contributed by atoms with E-state index in [0.29, 0.717) is 23.6 Å². The zero-order valence-electron chi connectivity index (χ0n) is 14.9. The first-order valence-electron chi connectivity index (χ1n) is 8.69. The second-order valence-corrected chi connectivity index (χ2v) is 6.75. The van der Waals surface area contributed by atoms with Crippen LogP contribution >= 0.6 is 0 Å². The minimum atomic E-state index is -0.108. The molecule has 0 radical (unpaired) electrons. The topological polar surface area (TPSA) is 79.5 Å². The number of amides is 1. The Bertz CT molecular complexity index is 936. The molecule has 0 aliphatic carbocycles. The van der Waals surface area contributed by atoms with E-state index in [1.54, 1.807) is 35.4 Å². The maximum absolute atomic E-state index is 13.1. The fourth-order valence-electron chi connectivity index (χ4n) is 3.40. The number of nitrogens with zero attached hydrogens (tertiary/aromatic N) is 7.